The first-order valence-corrected chi connectivity index (χ1v) is 7.18. The first-order valence-electron chi connectivity index (χ1n) is 7.18. The quantitative estimate of drug-likeness (QED) is 0.481. The van der Waals surface area contributed by atoms with Crippen molar-refractivity contribution >= 4 is 11.4 Å². The number of nitrogens with zero attached hydrogens (tertiary/aromatic N) is 4. The molecule has 1 aromatic carbocycles. The summed E-state index contributed by atoms with van der Waals surface area (Å²) in [6.45, 7) is 0. The molecular weight excluding hydrogens is 344 g/mol. The summed E-state index contributed by atoms with van der Waals surface area (Å²) >= 11 is 0. The third-order valence-corrected chi connectivity index (χ3v) is 3.11. The monoisotopic (exact) mass is 354 g/mol. The van der Waals surface area contributed by atoms with Gasteiger partial charge in [0.15, 0.2) is 0 Å². The molecule has 3 aromatic rings. The van der Waals surface area contributed by atoms with E-state index in [1.165, 1.54) is 24.3 Å². The first kappa shape index (κ1) is 16.8. The summed E-state index contributed by atoms with van der Waals surface area (Å²) in [6, 6.07) is 11.9. The van der Waals surface area contributed by atoms with E-state index in [-0.39, 0.29) is 23.1 Å². The summed E-state index contributed by atoms with van der Waals surface area (Å²) in [4.78, 5) is 27.8. The van der Waals surface area contributed by atoms with Crippen molar-refractivity contribution in [3.8, 4) is 23.3 Å². The van der Waals surface area contributed by atoms with Gasteiger partial charge in [0.05, 0.1) is 9.85 Å². The highest BCUT2D eigenvalue weighted by atomic mass is 16.6. The van der Waals surface area contributed by atoms with Gasteiger partial charge >= 0.3 is 0 Å². The second-order valence-corrected chi connectivity index (χ2v) is 4.90. The van der Waals surface area contributed by atoms with Gasteiger partial charge in [-0.1, -0.05) is 6.07 Å². The van der Waals surface area contributed by atoms with E-state index in [9.17, 15) is 20.2 Å². The molecule has 10 nitrogen and oxygen atoms in total. The summed E-state index contributed by atoms with van der Waals surface area (Å²) in [5.41, 5.74) is -0.280. The lowest BCUT2D eigenvalue weighted by atomic mass is 10.3. The molecule has 0 atom stereocenters. The molecular formula is C16H10N4O6. The fourth-order valence-corrected chi connectivity index (χ4v) is 1.92. The summed E-state index contributed by atoms with van der Waals surface area (Å²) in [6.07, 6.45) is 2.19. The van der Waals surface area contributed by atoms with Crippen LogP contribution >= 0.6 is 0 Å². The Labute approximate surface area is 146 Å². The molecule has 0 amide bonds. The van der Waals surface area contributed by atoms with E-state index in [1.807, 2.05) is 0 Å². The maximum Gasteiger partial charge on any atom is 0.287 e. The van der Waals surface area contributed by atoms with Crippen LogP contribution in [0.3, 0.4) is 0 Å². The second-order valence-electron chi connectivity index (χ2n) is 4.90. The van der Waals surface area contributed by atoms with Crippen molar-refractivity contribution in [2.45, 2.75) is 0 Å². The van der Waals surface area contributed by atoms with Crippen LogP contribution in [0.5, 0.6) is 23.3 Å². The van der Waals surface area contributed by atoms with Gasteiger partial charge in [0, 0.05) is 30.3 Å². The van der Waals surface area contributed by atoms with Crippen LogP contribution in [0.2, 0.25) is 0 Å². The van der Waals surface area contributed by atoms with Crippen molar-refractivity contribution in [3.63, 3.8) is 0 Å². The molecule has 0 radical (unpaired) electrons. The molecule has 10 heteroatoms. The van der Waals surface area contributed by atoms with E-state index in [2.05, 4.69) is 9.97 Å². The molecule has 0 aliphatic heterocycles. The maximum atomic E-state index is 10.6. The van der Waals surface area contributed by atoms with E-state index in [0.29, 0.717) is 11.5 Å². The number of hydrogen-bond acceptors (Lipinski definition) is 8. The van der Waals surface area contributed by atoms with Crippen molar-refractivity contribution in [1.29, 1.82) is 0 Å². The number of pyridine rings is 2. The molecule has 0 aliphatic rings. The van der Waals surface area contributed by atoms with E-state index < -0.39 is 9.85 Å². The molecule has 0 unspecified atom stereocenters. The summed E-state index contributed by atoms with van der Waals surface area (Å²) in [5, 5.41) is 21.2. The number of nitro groups is 2. The van der Waals surface area contributed by atoms with Crippen molar-refractivity contribution in [2.24, 2.45) is 0 Å². The molecule has 0 N–H and O–H groups in total. The van der Waals surface area contributed by atoms with Gasteiger partial charge in [-0.2, -0.15) is 0 Å². The Bertz CT molecular complexity index is 869. The Morgan fingerprint density at radius 2 is 1.19 bits per heavy atom. The minimum atomic E-state index is -0.553. The Balaban J connectivity index is 1.71. The van der Waals surface area contributed by atoms with Crippen molar-refractivity contribution in [3.05, 3.63) is 81.2 Å². The Kier molecular flexibility index (Phi) is 4.65. The zero-order valence-electron chi connectivity index (χ0n) is 13.0. The largest absolute Gasteiger partial charge is 0.439 e. The van der Waals surface area contributed by atoms with Crippen LogP contribution in [0.1, 0.15) is 0 Å². The van der Waals surface area contributed by atoms with Gasteiger partial charge in [0.25, 0.3) is 11.4 Å². The fraction of sp³-hybridized carbons (Fsp3) is 0. The molecule has 0 saturated carbocycles. The van der Waals surface area contributed by atoms with Gasteiger partial charge in [0.1, 0.15) is 23.9 Å². The van der Waals surface area contributed by atoms with Gasteiger partial charge in [-0.05, 0) is 12.1 Å². The lowest BCUT2D eigenvalue weighted by molar-refractivity contribution is -0.385. The predicted octanol–water partition coefficient (Wildman–Crippen LogP) is 3.88. The number of aromatic nitrogens is 2. The van der Waals surface area contributed by atoms with Crippen molar-refractivity contribution < 1.29 is 19.3 Å². The van der Waals surface area contributed by atoms with Crippen LogP contribution in [0.25, 0.3) is 0 Å². The molecule has 26 heavy (non-hydrogen) atoms. The highest BCUT2D eigenvalue weighted by Gasteiger charge is 2.09. The van der Waals surface area contributed by atoms with Crippen LogP contribution < -0.4 is 9.47 Å². The van der Waals surface area contributed by atoms with Gasteiger partial charge in [-0.3, -0.25) is 20.2 Å². The maximum absolute atomic E-state index is 10.6. The molecule has 0 saturated heterocycles. The third kappa shape index (κ3) is 4.06. The average Bonchev–Trinajstić information content (AvgIpc) is 2.63. The SMILES string of the molecule is O=[N+]([O-])c1ccc(Oc2cccc(Oc3ccc([N+](=O)[O-])cn3)c2)nc1. The van der Waals surface area contributed by atoms with Crippen LogP contribution in [-0.4, -0.2) is 19.8 Å². The fourth-order valence-electron chi connectivity index (χ4n) is 1.92. The Hall–Kier alpha value is -4.08. The molecule has 0 aliphatic carbocycles. The standard InChI is InChI=1S/C16H10N4O6/c21-19(22)11-4-6-15(17-9-11)25-13-2-1-3-14(8-13)26-16-7-5-12(10-18-16)20(23)24/h1-10H. The number of ether oxygens (including phenoxy) is 2. The zero-order chi connectivity index (χ0) is 18.5. The lowest BCUT2D eigenvalue weighted by Gasteiger charge is -2.07. The minimum absolute atomic E-state index is 0.140. The van der Waals surface area contributed by atoms with Crippen LogP contribution in [0.15, 0.2) is 60.9 Å². The molecule has 2 heterocycles. The van der Waals surface area contributed by atoms with Crippen LogP contribution in [0, 0.1) is 20.2 Å². The first-order chi connectivity index (χ1) is 12.5. The number of benzene rings is 1. The number of hydrogen-bond donors (Lipinski definition) is 0. The Morgan fingerprint density at radius 3 is 1.54 bits per heavy atom. The predicted molar refractivity (Wildman–Crippen MR) is 88.4 cm³/mol. The minimum Gasteiger partial charge on any atom is -0.439 e. The second kappa shape index (κ2) is 7.21. The molecule has 2 aromatic heterocycles. The third-order valence-electron chi connectivity index (χ3n) is 3.11. The highest BCUT2D eigenvalue weighted by molar-refractivity contribution is 5.39. The van der Waals surface area contributed by atoms with Crippen LogP contribution in [0.4, 0.5) is 11.4 Å². The smallest absolute Gasteiger partial charge is 0.287 e. The topological polar surface area (TPSA) is 131 Å². The van der Waals surface area contributed by atoms with E-state index in [1.54, 1.807) is 24.3 Å². The molecule has 130 valence electrons. The summed E-state index contributed by atoms with van der Waals surface area (Å²) in [7, 11) is 0. The van der Waals surface area contributed by atoms with E-state index in [4.69, 9.17) is 9.47 Å². The summed E-state index contributed by atoms with van der Waals surface area (Å²) in [5.74, 6) is 1.15. The van der Waals surface area contributed by atoms with Crippen molar-refractivity contribution in [1.82, 2.24) is 9.97 Å². The summed E-state index contributed by atoms with van der Waals surface area (Å²) < 4.78 is 11.0. The normalized spacial score (nSPS) is 10.2. The average molecular weight is 354 g/mol. The van der Waals surface area contributed by atoms with E-state index in [0.717, 1.165) is 12.4 Å². The molecule has 0 fully saturated rings. The van der Waals surface area contributed by atoms with Crippen molar-refractivity contribution in [2.75, 3.05) is 0 Å². The molecule has 0 bridgehead atoms. The highest BCUT2D eigenvalue weighted by Crippen LogP contribution is 2.27. The molecule has 0 spiro atoms. The zero-order valence-corrected chi connectivity index (χ0v) is 13.0. The Morgan fingerprint density at radius 1 is 0.731 bits per heavy atom. The van der Waals surface area contributed by atoms with Gasteiger partial charge in [-0.25, -0.2) is 9.97 Å². The van der Waals surface area contributed by atoms with Gasteiger partial charge < -0.3 is 9.47 Å². The lowest BCUT2D eigenvalue weighted by Crippen LogP contribution is -1.93. The van der Waals surface area contributed by atoms with Gasteiger partial charge in [-0.15, -0.1) is 0 Å². The van der Waals surface area contributed by atoms with Crippen LogP contribution in [-0.2, 0) is 0 Å². The molecule has 3 rings (SSSR count). The number of rotatable bonds is 6. The van der Waals surface area contributed by atoms with E-state index >= 15 is 0 Å². The van der Waals surface area contributed by atoms with Gasteiger partial charge in [0.2, 0.25) is 11.8 Å².